The number of hydrogen-bond acceptors (Lipinski definition) is 6. The molecule has 8 heteroatoms. The molecule has 1 aliphatic heterocycles. The van der Waals surface area contributed by atoms with Crippen molar-refractivity contribution >= 4 is 28.8 Å². The van der Waals surface area contributed by atoms with Gasteiger partial charge in [-0.1, -0.05) is 11.8 Å². The number of aromatic nitrogens is 3. The molecule has 0 unspecified atom stereocenters. The van der Waals surface area contributed by atoms with Crippen molar-refractivity contribution in [3.05, 3.63) is 18.5 Å². The monoisotopic (exact) mass is 294 g/mol. The van der Waals surface area contributed by atoms with Crippen LogP contribution in [0.1, 0.15) is 0 Å². The molecule has 106 valence electrons. The van der Waals surface area contributed by atoms with Gasteiger partial charge in [0.1, 0.15) is 5.52 Å². The normalized spacial score (nSPS) is 15.7. The molecule has 0 atom stereocenters. The summed E-state index contributed by atoms with van der Waals surface area (Å²) < 4.78 is 7.34. The van der Waals surface area contributed by atoms with Crippen molar-refractivity contribution in [3.63, 3.8) is 0 Å². The van der Waals surface area contributed by atoms with Crippen LogP contribution >= 0.6 is 11.8 Å². The fraction of sp³-hybridized carbons (Fsp3) is 0.417. The SMILES string of the molecule is O=C(O)CSc1nc2cnccc2n1N1CCOCC1. The van der Waals surface area contributed by atoms with Crippen molar-refractivity contribution < 1.29 is 14.6 Å². The van der Waals surface area contributed by atoms with E-state index < -0.39 is 5.97 Å². The molecule has 0 saturated carbocycles. The van der Waals surface area contributed by atoms with Gasteiger partial charge < -0.3 is 14.9 Å². The number of carboxylic acids is 1. The number of aliphatic carboxylic acids is 1. The molecule has 20 heavy (non-hydrogen) atoms. The molecule has 1 N–H and O–H groups in total. The lowest BCUT2D eigenvalue weighted by Gasteiger charge is -2.31. The standard InChI is InChI=1S/C12H14N4O3S/c17-11(18)8-20-12-14-9-7-13-2-1-10(9)16(12)15-3-5-19-6-4-15/h1-2,7H,3-6,8H2,(H,17,18). The summed E-state index contributed by atoms with van der Waals surface area (Å²) in [5.74, 6) is -0.866. The highest BCUT2D eigenvalue weighted by molar-refractivity contribution is 7.99. The summed E-state index contributed by atoms with van der Waals surface area (Å²) in [4.78, 5) is 19.3. The summed E-state index contributed by atoms with van der Waals surface area (Å²) in [7, 11) is 0. The molecular formula is C12H14N4O3S. The maximum atomic E-state index is 10.8. The van der Waals surface area contributed by atoms with Crippen molar-refractivity contribution in [2.24, 2.45) is 0 Å². The van der Waals surface area contributed by atoms with Gasteiger partial charge in [-0.2, -0.15) is 0 Å². The van der Waals surface area contributed by atoms with Gasteiger partial charge in [-0.25, -0.2) is 9.66 Å². The van der Waals surface area contributed by atoms with Gasteiger partial charge in [0.05, 0.1) is 43.8 Å². The number of fused-ring (bicyclic) bond motifs is 1. The summed E-state index contributed by atoms with van der Waals surface area (Å²) in [6.07, 6.45) is 3.41. The minimum Gasteiger partial charge on any atom is -0.481 e. The third kappa shape index (κ3) is 2.56. The predicted molar refractivity (Wildman–Crippen MR) is 74.7 cm³/mol. The molecule has 1 saturated heterocycles. The average Bonchev–Trinajstić information content (AvgIpc) is 2.84. The van der Waals surface area contributed by atoms with E-state index in [9.17, 15) is 4.79 Å². The first-order valence-electron chi connectivity index (χ1n) is 6.26. The molecule has 0 aromatic carbocycles. The molecule has 2 aromatic rings. The zero-order valence-electron chi connectivity index (χ0n) is 10.7. The Bertz CT molecular complexity index is 624. The molecular weight excluding hydrogens is 280 g/mol. The summed E-state index contributed by atoms with van der Waals surface area (Å²) in [6, 6.07) is 1.89. The summed E-state index contributed by atoms with van der Waals surface area (Å²) in [6.45, 7) is 2.84. The van der Waals surface area contributed by atoms with Crippen molar-refractivity contribution in [1.29, 1.82) is 0 Å². The summed E-state index contributed by atoms with van der Waals surface area (Å²) >= 11 is 1.22. The van der Waals surface area contributed by atoms with Gasteiger partial charge in [0.25, 0.3) is 0 Å². The Hall–Kier alpha value is -1.80. The molecule has 0 bridgehead atoms. The highest BCUT2D eigenvalue weighted by Crippen LogP contribution is 2.24. The van der Waals surface area contributed by atoms with Crippen LogP contribution in [0.25, 0.3) is 11.0 Å². The third-order valence-electron chi connectivity index (χ3n) is 3.00. The lowest BCUT2D eigenvalue weighted by atomic mass is 10.4. The van der Waals surface area contributed by atoms with Crippen molar-refractivity contribution in [2.45, 2.75) is 5.16 Å². The first-order valence-corrected chi connectivity index (χ1v) is 7.24. The zero-order chi connectivity index (χ0) is 13.9. The highest BCUT2D eigenvalue weighted by Gasteiger charge is 2.19. The number of imidazole rings is 1. The van der Waals surface area contributed by atoms with E-state index in [-0.39, 0.29) is 5.75 Å². The van der Waals surface area contributed by atoms with Crippen LogP contribution in [0.3, 0.4) is 0 Å². The second kappa shape index (κ2) is 5.68. The van der Waals surface area contributed by atoms with Crippen molar-refractivity contribution in [1.82, 2.24) is 14.6 Å². The van der Waals surface area contributed by atoms with Crippen LogP contribution in [0.5, 0.6) is 0 Å². The van der Waals surface area contributed by atoms with Crippen molar-refractivity contribution in [3.8, 4) is 0 Å². The first kappa shape index (κ1) is 13.2. The van der Waals surface area contributed by atoms with E-state index >= 15 is 0 Å². The molecule has 3 rings (SSSR count). The van der Waals surface area contributed by atoms with E-state index in [1.807, 2.05) is 10.7 Å². The minimum absolute atomic E-state index is 0.0128. The second-order valence-electron chi connectivity index (χ2n) is 4.32. The van der Waals surface area contributed by atoms with Crippen LogP contribution in [0, 0.1) is 0 Å². The average molecular weight is 294 g/mol. The van der Waals surface area contributed by atoms with E-state index in [4.69, 9.17) is 9.84 Å². The predicted octanol–water partition coefficient (Wildman–Crippen LogP) is 0.576. The molecule has 0 aliphatic carbocycles. The molecule has 2 aromatic heterocycles. The van der Waals surface area contributed by atoms with Gasteiger partial charge >= 0.3 is 5.97 Å². The van der Waals surface area contributed by atoms with E-state index in [1.54, 1.807) is 12.4 Å². The van der Waals surface area contributed by atoms with Gasteiger partial charge in [0.2, 0.25) is 0 Å². The largest absolute Gasteiger partial charge is 0.481 e. The number of thioether (sulfide) groups is 1. The molecule has 3 heterocycles. The molecule has 0 spiro atoms. The number of nitrogens with zero attached hydrogens (tertiary/aromatic N) is 4. The summed E-state index contributed by atoms with van der Waals surface area (Å²) in [5.41, 5.74) is 1.71. The number of carbonyl (C=O) groups is 1. The molecule has 0 amide bonds. The fourth-order valence-corrected chi connectivity index (χ4v) is 2.90. The van der Waals surface area contributed by atoms with Gasteiger partial charge in [-0.3, -0.25) is 9.78 Å². The molecule has 1 fully saturated rings. The van der Waals surface area contributed by atoms with E-state index in [1.165, 1.54) is 11.8 Å². The lowest BCUT2D eigenvalue weighted by Crippen LogP contribution is -2.44. The Morgan fingerprint density at radius 1 is 1.45 bits per heavy atom. The molecule has 1 aliphatic rings. The Morgan fingerprint density at radius 2 is 2.25 bits per heavy atom. The van der Waals surface area contributed by atoms with E-state index in [2.05, 4.69) is 15.0 Å². The lowest BCUT2D eigenvalue weighted by molar-refractivity contribution is -0.133. The van der Waals surface area contributed by atoms with Gasteiger partial charge in [0, 0.05) is 6.20 Å². The van der Waals surface area contributed by atoms with Crippen molar-refractivity contribution in [2.75, 3.05) is 37.1 Å². The van der Waals surface area contributed by atoms with Crippen LogP contribution in [0.4, 0.5) is 0 Å². The summed E-state index contributed by atoms with van der Waals surface area (Å²) in [5, 5.41) is 11.7. The molecule has 0 radical (unpaired) electrons. The zero-order valence-corrected chi connectivity index (χ0v) is 11.5. The van der Waals surface area contributed by atoms with Gasteiger partial charge in [0.15, 0.2) is 5.16 Å². The number of hydrogen-bond donors (Lipinski definition) is 1. The van der Waals surface area contributed by atoms with Crippen LogP contribution in [0.2, 0.25) is 0 Å². The van der Waals surface area contributed by atoms with Crippen LogP contribution < -0.4 is 5.01 Å². The Kier molecular flexibility index (Phi) is 3.75. The molecule has 7 nitrogen and oxygen atoms in total. The van der Waals surface area contributed by atoms with Crippen LogP contribution in [0.15, 0.2) is 23.6 Å². The first-order chi connectivity index (χ1) is 9.75. The van der Waals surface area contributed by atoms with Gasteiger partial charge in [-0.05, 0) is 6.07 Å². The highest BCUT2D eigenvalue weighted by atomic mass is 32.2. The Balaban J connectivity index is 2.00. The number of pyridine rings is 1. The quantitative estimate of drug-likeness (QED) is 0.826. The third-order valence-corrected chi connectivity index (χ3v) is 3.91. The van der Waals surface area contributed by atoms with Crippen LogP contribution in [-0.2, 0) is 9.53 Å². The Labute approximate surface area is 119 Å². The minimum atomic E-state index is -0.853. The maximum absolute atomic E-state index is 10.8. The fourth-order valence-electron chi connectivity index (χ4n) is 2.14. The van der Waals surface area contributed by atoms with E-state index in [0.717, 1.165) is 24.1 Å². The Morgan fingerprint density at radius 3 is 3.00 bits per heavy atom. The number of rotatable bonds is 4. The maximum Gasteiger partial charge on any atom is 0.313 e. The topological polar surface area (TPSA) is 80.5 Å². The van der Waals surface area contributed by atoms with Gasteiger partial charge in [-0.15, -0.1) is 0 Å². The number of morpholine rings is 1. The van der Waals surface area contributed by atoms with E-state index in [0.29, 0.717) is 18.4 Å². The number of ether oxygens (including phenoxy) is 1. The smallest absolute Gasteiger partial charge is 0.313 e. The van der Waals surface area contributed by atoms with Crippen LogP contribution in [-0.4, -0.2) is 57.8 Å². The second-order valence-corrected chi connectivity index (χ2v) is 5.26. The number of carboxylic acid groups (broad SMARTS) is 1.